The fourth-order valence-corrected chi connectivity index (χ4v) is 4.28. The fourth-order valence-electron chi connectivity index (χ4n) is 3.42. The van der Waals surface area contributed by atoms with E-state index in [-0.39, 0.29) is 5.91 Å². The third kappa shape index (κ3) is 3.87. The van der Waals surface area contributed by atoms with Crippen molar-refractivity contribution in [3.8, 4) is 0 Å². The number of aromatic nitrogens is 1. The standard InChI is InChI=1S/C22H24N4OS/c1-16-17(2)28-15-20(16)22(27)24-18-8-9-21(23-14-18)26-12-10-25(11-13-26)19-6-4-3-5-7-19/h3-9,14-15H,10-13H2,1-2H3,(H,24,27). The second kappa shape index (κ2) is 8.02. The van der Waals surface area contributed by atoms with Crippen LogP contribution in [0.25, 0.3) is 0 Å². The minimum Gasteiger partial charge on any atom is -0.368 e. The first kappa shape index (κ1) is 18.5. The predicted octanol–water partition coefficient (Wildman–Crippen LogP) is 4.34. The van der Waals surface area contributed by atoms with Gasteiger partial charge in [-0.2, -0.15) is 0 Å². The van der Waals surface area contributed by atoms with E-state index in [0.29, 0.717) is 0 Å². The van der Waals surface area contributed by atoms with E-state index in [1.54, 1.807) is 17.5 Å². The Bertz CT molecular complexity index is 944. The number of nitrogens with one attached hydrogen (secondary N) is 1. The van der Waals surface area contributed by atoms with Crippen molar-refractivity contribution in [2.45, 2.75) is 13.8 Å². The molecule has 0 aliphatic carbocycles. The quantitative estimate of drug-likeness (QED) is 0.718. The first-order valence-corrected chi connectivity index (χ1v) is 10.4. The summed E-state index contributed by atoms with van der Waals surface area (Å²) in [4.78, 5) is 22.9. The van der Waals surface area contributed by atoms with Crippen molar-refractivity contribution < 1.29 is 4.79 Å². The summed E-state index contributed by atoms with van der Waals surface area (Å²) in [6.45, 7) is 7.83. The van der Waals surface area contributed by atoms with Crippen LogP contribution in [0, 0.1) is 13.8 Å². The summed E-state index contributed by atoms with van der Waals surface area (Å²) in [7, 11) is 0. The van der Waals surface area contributed by atoms with Gasteiger partial charge >= 0.3 is 0 Å². The molecular weight excluding hydrogens is 368 g/mol. The first-order valence-electron chi connectivity index (χ1n) is 9.49. The Labute approximate surface area is 169 Å². The zero-order valence-electron chi connectivity index (χ0n) is 16.2. The molecule has 0 saturated carbocycles. The highest BCUT2D eigenvalue weighted by Crippen LogP contribution is 2.23. The molecule has 4 rings (SSSR count). The van der Waals surface area contributed by atoms with Gasteiger partial charge in [0.25, 0.3) is 5.91 Å². The van der Waals surface area contributed by atoms with E-state index in [1.807, 2.05) is 37.4 Å². The largest absolute Gasteiger partial charge is 0.368 e. The van der Waals surface area contributed by atoms with E-state index in [0.717, 1.165) is 48.8 Å². The maximum atomic E-state index is 12.5. The zero-order valence-corrected chi connectivity index (χ0v) is 17.0. The number of thiophene rings is 1. The van der Waals surface area contributed by atoms with E-state index in [4.69, 9.17) is 0 Å². The van der Waals surface area contributed by atoms with Gasteiger partial charge in [0, 0.05) is 42.1 Å². The van der Waals surface area contributed by atoms with E-state index in [1.165, 1.54) is 10.6 Å². The third-order valence-electron chi connectivity index (χ3n) is 5.26. The number of hydrogen-bond acceptors (Lipinski definition) is 5. The van der Waals surface area contributed by atoms with Crippen LogP contribution in [0.15, 0.2) is 54.0 Å². The minimum atomic E-state index is -0.0760. The van der Waals surface area contributed by atoms with Crippen LogP contribution in [0.3, 0.4) is 0 Å². The molecule has 1 aromatic carbocycles. The Morgan fingerprint density at radius 3 is 2.32 bits per heavy atom. The van der Waals surface area contributed by atoms with Gasteiger partial charge < -0.3 is 15.1 Å². The van der Waals surface area contributed by atoms with Gasteiger partial charge in [0.15, 0.2) is 0 Å². The molecule has 1 aliphatic heterocycles. The number of para-hydroxylation sites is 1. The van der Waals surface area contributed by atoms with Crippen LogP contribution < -0.4 is 15.1 Å². The molecule has 0 radical (unpaired) electrons. The van der Waals surface area contributed by atoms with Crippen molar-refractivity contribution in [1.82, 2.24) is 4.98 Å². The van der Waals surface area contributed by atoms with Crippen LogP contribution in [0.2, 0.25) is 0 Å². The van der Waals surface area contributed by atoms with E-state index in [2.05, 4.69) is 44.4 Å². The molecule has 1 aliphatic rings. The lowest BCUT2D eigenvalue weighted by Gasteiger charge is -2.36. The molecule has 0 atom stereocenters. The summed E-state index contributed by atoms with van der Waals surface area (Å²) in [5.74, 6) is 0.876. The molecule has 6 heteroatoms. The Morgan fingerprint density at radius 2 is 1.71 bits per heavy atom. The SMILES string of the molecule is Cc1scc(C(=O)Nc2ccc(N3CCN(c4ccccc4)CC3)nc2)c1C. The molecule has 1 fully saturated rings. The number of amides is 1. The number of piperazine rings is 1. The second-order valence-electron chi connectivity index (χ2n) is 7.00. The molecule has 28 heavy (non-hydrogen) atoms. The summed E-state index contributed by atoms with van der Waals surface area (Å²) in [5, 5.41) is 4.86. The molecule has 3 aromatic rings. The summed E-state index contributed by atoms with van der Waals surface area (Å²) in [5.41, 5.74) is 3.78. The van der Waals surface area contributed by atoms with Crippen LogP contribution in [0.4, 0.5) is 17.2 Å². The molecule has 1 N–H and O–H groups in total. The van der Waals surface area contributed by atoms with Gasteiger partial charge in [-0.15, -0.1) is 11.3 Å². The molecule has 2 aromatic heterocycles. The molecule has 3 heterocycles. The number of rotatable bonds is 4. The van der Waals surface area contributed by atoms with Gasteiger partial charge in [0.1, 0.15) is 5.82 Å². The number of hydrogen-bond donors (Lipinski definition) is 1. The summed E-state index contributed by atoms with van der Waals surface area (Å²) in [6, 6.07) is 14.4. The smallest absolute Gasteiger partial charge is 0.256 e. The summed E-state index contributed by atoms with van der Waals surface area (Å²) in [6.07, 6.45) is 1.74. The number of nitrogens with zero attached hydrogens (tertiary/aromatic N) is 3. The van der Waals surface area contributed by atoms with E-state index < -0.39 is 0 Å². The molecule has 144 valence electrons. The van der Waals surface area contributed by atoms with E-state index in [9.17, 15) is 4.79 Å². The molecule has 1 amide bonds. The predicted molar refractivity (Wildman–Crippen MR) is 117 cm³/mol. The average molecular weight is 393 g/mol. The number of anilines is 3. The van der Waals surface area contributed by atoms with Crippen molar-refractivity contribution in [2.75, 3.05) is 41.3 Å². The normalized spacial score (nSPS) is 14.2. The Balaban J connectivity index is 1.36. The van der Waals surface area contributed by atoms with Crippen molar-refractivity contribution in [2.24, 2.45) is 0 Å². The van der Waals surface area contributed by atoms with Crippen LogP contribution >= 0.6 is 11.3 Å². The zero-order chi connectivity index (χ0) is 19.5. The molecule has 0 spiro atoms. The van der Waals surface area contributed by atoms with Gasteiger partial charge in [0.2, 0.25) is 0 Å². The fraction of sp³-hybridized carbons (Fsp3) is 0.273. The van der Waals surface area contributed by atoms with Crippen molar-refractivity contribution in [1.29, 1.82) is 0 Å². The van der Waals surface area contributed by atoms with E-state index >= 15 is 0 Å². The Hall–Kier alpha value is -2.86. The highest BCUT2D eigenvalue weighted by molar-refractivity contribution is 7.10. The molecule has 0 bridgehead atoms. The number of benzene rings is 1. The second-order valence-corrected chi connectivity index (χ2v) is 8.08. The number of carbonyl (C=O) groups excluding carboxylic acids is 1. The maximum Gasteiger partial charge on any atom is 0.256 e. The average Bonchev–Trinajstić information content (AvgIpc) is 3.08. The Kier molecular flexibility index (Phi) is 5.30. The topological polar surface area (TPSA) is 48.5 Å². The number of pyridine rings is 1. The van der Waals surface area contributed by atoms with Crippen molar-refractivity contribution >= 4 is 34.4 Å². The number of carbonyl (C=O) groups is 1. The van der Waals surface area contributed by atoms with Crippen LogP contribution in [0.5, 0.6) is 0 Å². The molecular formula is C22H24N4OS. The lowest BCUT2D eigenvalue weighted by molar-refractivity contribution is 0.102. The maximum absolute atomic E-state index is 12.5. The van der Waals surface area contributed by atoms with Crippen molar-refractivity contribution in [3.05, 3.63) is 70.0 Å². The molecule has 5 nitrogen and oxygen atoms in total. The molecule has 0 unspecified atom stereocenters. The third-order valence-corrected chi connectivity index (χ3v) is 6.27. The van der Waals surface area contributed by atoms with Crippen LogP contribution in [-0.2, 0) is 0 Å². The van der Waals surface area contributed by atoms with Crippen molar-refractivity contribution in [3.63, 3.8) is 0 Å². The number of aryl methyl sites for hydroxylation is 1. The van der Waals surface area contributed by atoms with Gasteiger partial charge in [-0.3, -0.25) is 4.79 Å². The summed E-state index contributed by atoms with van der Waals surface area (Å²) >= 11 is 1.60. The highest BCUT2D eigenvalue weighted by atomic mass is 32.1. The van der Waals surface area contributed by atoms with Crippen LogP contribution in [0.1, 0.15) is 20.8 Å². The summed E-state index contributed by atoms with van der Waals surface area (Å²) < 4.78 is 0. The monoisotopic (exact) mass is 392 g/mol. The first-order chi connectivity index (χ1) is 13.6. The lowest BCUT2D eigenvalue weighted by Crippen LogP contribution is -2.46. The Morgan fingerprint density at radius 1 is 1.00 bits per heavy atom. The van der Waals surface area contributed by atoms with Gasteiger partial charge in [-0.1, -0.05) is 18.2 Å². The van der Waals surface area contributed by atoms with Gasteiger partial charge in [-0.05, 0) is 43.7 Å². The lowest BCUT2D eigenvalue weighted by atomic mass is 10.1. The van der Waals surface area contributed by atoms with Gasteiger partial charge in [0.05, 0.1) is 17.4 Å². The minimum absolute atomic E-state index is 0.0760. The van der Waals surface area contributed by atoms with Crippen LogP contribution in [-0.4, -0.2) is 37.1 Å². The van der Waals surface area contributed by atoms with Gasteiger partial charge in [-0.25, -0.2) is 4.98 Å². The highest BCUT2D eigenvalue weighted by Gasteiger charge is 2.18. The molecule has 1 saturated heterocycles.